The fraction of sp³-hybridized carbons (Fsp3) is 0.435. The molecule has 0 N–H and O–H groups in total. The second-order valence-corrected chi connectivity index (χ2v) is 6.53. The molecule has 0 radical (unpaired) electrons. The first-order valence-corrected chi connectivity index (χ1v) is 9.82. The van der Waals surface area contributed by atoms with Crippen LogP contribution < -0.4 is 9.64 Å². The van der Waals surface area contributed by atoms with Crippen molar-refractivity contribution >= 4 is 11.5 Å². The molecule has 0 aromatic heterocycles. The molecule has 2 aromatic carbocycles. The predicted octanol–water partition coefficient (Wildman–Crippen LogP) is 5.72. The number of carbonyl (C=O) groups excluding carboxylic acids is 1. The Bertz CT molecular complexity index is 654. The van der Waals surface area contributed by atoms with Crippen LogP contribution in [0.25, 0.3) is 0 Å². The summed E-state index contributed by atoms with van der Waals surface area (Å²) < 4.78 is 5.44. The standard InChI is InChI=1S/C23H31NO2/c1-4-7-17-24(18-8-5-2)21-13-9-19(10-14-21)23(25)20-11-15-22(16-12-20)26-6-3/h9-16H,4-8,17-18H2,1-3H3. The summed E-state index contributed by atoms with van der Waals surface area (Å²) >= 11 is 0. The van der Waals surface area contributed by atoms with Crippen LogP contribution in [0.1, 0.15) is 62.4 Å². The molecule has 3 heteroatoms. The number of ketones is 1. The molecule has 0 bridgehead atoms. The Hall–Kier alpha value is -2.29. The second kappa shape index (κ2) is 10.6. The van der Waals surface area contributed by atoms with Gasteiger partial charge >= 0.3 is 0 Å². The van der Waals surface area contributed by atoms with Gasteiger partial charge in [0.05, 0.1) is 6.61 Å². The van der Waals surface area contributed by atoms with Crippen LogP contribution in [-0.2, 0) is 0 Å². The molecule has 0 saturated carbocycles. The third-order valence-electron chi connectivity index (χ3n) is 4.49. The maximum absolute atomic E-state index is 12.7. The van der Waals surface area contributed by atoms with E-state index >= 15 is 0 Å². The van der Waals surface area contributed by atoms with Crippen LogP contribution in [-0.4, -0.2) is 25.5 Å². The quantitative estimate of drug-likeness (QED) is 0.484. The molecular weight excluding hydrogens is 322 g/mol. The van der Waals surface area contributed by atoms with Gasteiger partial charge in [-0.25, -0.2) is 0 Å². The number of hydrogen-bond donors (Lipinski definition) is 0. The number of hydrogen-bond acceptors (Lipinski definition) is 3. The molecule has 0 spiro atoms. The van der Waals surface area contributed by atoms with Gasteiger partial charge in [0.1, 0.15) is 5.75 Å². The zero-order chi connectivity index (χ0) is 18.8. The summed E-state index contributed by atoms with van der Waals surface area (Å²) in [5.41, 5.74) is 2.62. The van der Waals surface area contributed by atoms with Crippen molar-refractivity contribution in [3.8, 4) is 5.75 Å². The largest absolute Gasteiger partial charge is 0.494 e. The van der Waals surface area contributed by atoms with E-state index in [4.69, 9.17) is 4.74 Å². The van der Waals surface area contributed by atoms with Gasteiger partial charge in [0.2, 0.25) is 0 Å². The molecule has 0 atom stereocenters. The van der Waals surface area contributed by atoms with E-state index in [9.17, 15) is 4.79 Å². The van der Waals surface area contributed by atoms with Gasteiger partial charge in [-0.05, 0) is 68.3 Å². The maximum atomic E-state index is 12.7. The monoisotopic (exact) mass is 353 g/mol. The van der Waals surface area contributed by atoms with Crippen LogP contribution in [0, 0.1) is 0 Å². The molecule has 2 rings (SSSR count). The van der Waals surface area contributed by atoms with E-state index in [-0.39, 0.29) is 5.78 Å². The lowest BCUT2D eigenvalue weighted by molar-refractivity contribution is 0.103. The number of rotatable bonds is 11. The van der Waals surface area contributed by atoms with Crippen molar-refractivity contribution < 1.29 is 9.53 Å². The first-order valence-electron chi connectivity index (χ1n) is 9.82. The van der Waals surface area contributed by atoms with Gasteiger partial charge < -0.3 is 9.64 Å². The number of nitrogens with zero attached hydrogens (tertiary/aromatic N) is 1. The molecule has 0 fully saturated rings. The Balaban J connectivity index is 2.09. The SMILES string of the molecule is CCCCN(CCCC)c1ccc(C(=O)c2ccc(OCC)cc2)cc1. The number of anilines is 1. The molecule has 0 aliphatic rings. The van der Waals surface area contributed by atoms with Crippen LogP contribution in [0.5, 0.6) is 5.75 Å². The highest BCUT2D eigenvalue weighted by atomic mass is 16.5. The highest BCUT2D eigenvalue weighted by Crippen LogP contribution is 2.20. The first kappa shape index (κ1) is 20.0. The number of carbonyl (C=O) groups is 1. The van der Waals surface area contributed by atoms with Crippen molar-refractivity contribution in [3.63, 3.8) is 0 Å². The van der Waals surface area contributed by atoms with Crippen LogP contribution in [0.3, 0.4) is 0 Å². The second-order valence-electron chi connectivity index (χ2n) is 6.53. The Morgan fingerprint density at radius 3 is 1.77 bits per heavy atom. The van der Waals surface area contributed by atoms with Gasteiger partial charge in [0.15, 0.2) is 5.78 Å². The lowest BCUT2D eigenvalue weighted by atomic mass is 10.0. The zero-order valence-corrected chi connectivity index (χ0v) is 16.3. The van der Waals surface area contributed by atoms with Crippen molar-refractivity contribution in [2.75, 3.05) is 24.6 Å². The number of unbranched alkanes of at least 4 members (excludes halogenated alkanes) is 2. The van der Waals surface area contributed by atoms with Crippen LogP contribution in [0.4, 0.5) is 5.69 Å². The fourth-order valence-corrected chi connectivity index (χ4v) is 2.93. The highest BCUT2D eigenvalue weighted by molar-refractivity contribution is 6.09. The summed E-state index contributed by atoms with van der Waals surface area (Å²) in [5.74, 6) is 0.843. The Labute approximate surface area is 158 Å². The molecule has 0 heterocycles. The predicted molar refractivity (Wildman–Crippen MR) is 110 cm³/mol. The summed E-state index contributed by atoms with van der Waals surface area (Å²) in [6, 6.07) is 15.4. The van der Waals surface area contributed by atoms with Crippen molar-refractivity contribution in [2.45, 2.75) is 46.5 Å². The highest BCUT2D eigenvalue weighted by Gasteiger charge is 2.11. The average molecular weight is 354 g/mol. The molecule has 0 unspecified atom stereocenters. The Morgan fingerprint density at radius 2 is 1.31 bits per heavy atom. The fourth-order valence-electron chi connectivity index (χ4n) is 2.93. The van der Waals surface area contributed by atoms with E-state index < -0.39 is 0 Å². The van der Waals surface area contributed by atoms with Crippen molar-refractivity contribution in [1.29, 1.82) is 0 Å². The lowest BCUT2D eigenvalue weighted by Crippen LogP contribution is -2.25. The molecule has 0 aliphatic carbocycles. The molecule has 2 aromatic rings. The van der Waals surface area contributed by atoms with E-state index in [1.165, 1.54) is 31.4 Å². The molecule has 0 aliphatic heterocycles. The zero-order valence-electron chi connectivity index (χ0n) is 16.3. The maximum Gasteiger partial charge on any atom is 0.193 e. The van der Waals surface area contributed by atoms with Crippen LogP contribution >= 0.6 is 0 Å². The molecule has 0 saturated heterocycles. The number of ether oxygens (including phenoxy) is 1. The van der Waals surface area contributed by atoms with E-state index in [1.807, 2.05) is 43.3 Å². The van der Waals surface area contributed by atoms with E-state index in [2.05, 4.69) is 30.9 Å². The van der Waals surface area contributed by atoms with E-state index in [0.29, 0.717) is 12.2 Å². The lowest BCUT2D eigenvalue weighted by Gasteiger charge is -2.24. The van der Waals surface area contributed by atoms with Crippen molar-refractivity contribution in [1.82, 2.24) is 0 Å². The summed E-state index contributed by atoms with van der Waals surface area (Å²) in [5, 5.41) is 0. The minimum atomic E-state index is 0.0493. The smallest absolute Gasteiger partial charge is 0.193 e. The summed E-state index contributed by atoms with van der Waals surface area (Å²) in [6.07, 6.45) is 4.76. The summed E-state index contributed by atoms with van der Waals surface area (Å²) in [4.78, 5) is 15.1. The average Bonchev–Trinajstić information content (AvgIpc) is 2.69. The van der Waals surface area contributed by atoms with Gasteiger partial charge in [0.25, 0.3) is 0 Å². The Kier molecular flexibility index (Phi) is 8.20. The van der Waals surface area contributed by atoms with Gasteiger partial charge in [0, 0.05) is 29.9 Å². The normalized spacial score (nSPS) is 10.6. The summed E-state index contributed by atoms with van der Waals surface area (Å²) in [7, 11) is 0. The third-order valence-corrected chi connectivity index (χ3v) is 4.49. The topological polar surface area (TPSA) is 29.5 Å². The minimum Gasteiger partial charge on any atom is -0.494 e. The minimum absolute atomic E-state index is 0.0493. The van der Waals surface area contributed by atoms with Crippen molar-refractivity contribution in [3.05, 3.63) is 59.7 Å². The Morgan fingerprint density at radius 1 is 0.808 bits per heavy atom. The van der Waals surface area contributed by atoms with Crippen molar-refractivity contribution in [2.24, 2.45) is 0 Å². The van der Waals surface area contributed by atoms with Gasteiger partial charge in [-0.1, -0.05) is 26.7 Å². The summed E-state index contributed by atoms with van der Waals surface area (Å²) in [6.45, 7) is 9.16. The third kappa shape index (κ3) is 5.62. The first-order chi connectivity index (χ1) is 12.7. The van der Waals surface area contributed by atoms with Gasteiger partial charge in [-0.15, -0.1) is 0 Å². The molecule has 3 nitrogen and oxygen atoms in total. The van der Waals surface area contributed by atoms with Gasteiger partial charge in [-0.2, -0.15) is 0 Å². The molecule has 0 amide bonds. The van der Waals surface area contributed by atoms with Crippen LogP contribution in [0.15, 0.2) is 48.5 Å². The van der Waals surface area contributed by atoms with E-state index in [1.54, 1.807) is 0 Å². The molecular formula is C23H31NO2. The van der Waals surface area contributed by atoms with Crippen LogP contribution in [0.2, 0.25) is 0 Å². The molecule has 26 heavy (non-hydrogen) atoms. The van der Waals surface area contributed by atoms with Gasteiger partial charge in [-0.3, -0.25) is 4.79 Å². The van der Waals surface area contributed by atoms with E-state index in [0.717, 1.165) is 24.4 Å². The number of benzene rings is 2. The molecule has 140 valence electrons.